The molecule has 27 heavy (non-hydrogen) atoms. The normalized spacial score (nSPS) is 15.3. The summed E-state index contributed by atoms with van der Waals surface area (Å²) in [5.41, 5.74) is 3.29. The first-order chi connectivity index (χ1) is 13.2. The maximum Gasteiger partial charge on any atom is 0.268 e. The van der Waals surface area contributed by atoms with Gasteiger partial charge in [0.15, 0.2) is 5.58 Å². The van der Waals surface area contributed by atoms with E-state index in [1.165, 1.54) is 19.3 Å². The predicted octanol–water partition coefficient (Wildman–Crippen LogP) is 4.15. The molecule has 1 fully saturated rings. The first kappa shape index (κ1) is 18.1. The van der Waals surface area contributed by atoms with Gasteiger partial charge in [-0.3, -0.25) is 4.79 Å². The van der Waals surface area contributed by atoms with Crippen molar-refractivity contribution in [3.8, 4) is 0 Å². The molecule has 3 aromatic rings. The largest absolute Gasteiger partial charge is 0.463 e. The van der Waals surface area contributed by atoms with Crippen LogP contribution in [0, 0.1) is 0 Å². The van der Waals surface area contributed by atoms with Gasteiger partial charge in [0.1, 0.15) is 5.69 Å². The summed E-state index contributed by atoms with van der Waals surface area (Å²) in [6.07, 6.45) is 5.48. The zero-order chi connectivity index (χ0) is 18.6. The summed E-state index contributed by atoms with van der Waals surface area (Å²) >= 11 is 6.12. The summed E-state index contributed by atoms with van der Waals surface area (Å²) < 4.78 is 7.50. The zero-order valence-electron chi connectivity index (χ0n) is 15.3. The van der Waals surface area contributed by atoms with Gasteiger partial charge in [-0.25, -0.2) is 0 Å². The average Bonchev–Trinajstić information content (AvgIpc) is 3.25. The second-order valence-electron chi connectivity index (χ2n) is 7.07. The third-order valence-corrected chi connectivity index (χ3v) is 5.38. The van der Waals surface area contributed by atoms with Gasteiger partial charge >= 0.3 is 0 Å². The lowest BCUT2D eigenvalue weighted by atomic mass is 10.1. The van der Waals surface area contributed by atoms with Crippen LogP contribution in [0.2, 0.25) is 5.02 Å². The number of aromatic nitrogens is 1. The summed E-state index contributed by atoms with van der Waals surface area (Å²) in [6, 6.07) is 11.4. The Labute approximate surface area is 163 Å². The maximum absolute atomic E-state index is 12.8. The highest BCUT2D eigenvalue weighted by atomic mass is 35.5. The van der Waals surface area contributed by atoms with E-state index >= 15 is 0 Å². The number of benzene rings is 1. The molecule has 0 radical (unpaired) electrons. The maximum atomic E-state index is 12.8. The van der Waals surface area contributed by atoms with Crippen LogP contribution < -0.4 is 5.32 Å². The molecule has 3 heterocycles. The lowest BCUT2D eigenvalue weighted by Gasteiger charge is -2.26. The van der Waals surface area contributed by atoms with Gasteiger partial charge in [-0.2, -0.15) is 0 Å². The Balaban J connectivity index is 1.48. The minimum absolute atomic E-state index is 0.0690. The van der Waals surface area contributed by atoms with E-state index < -0.39 is 0 Å². The van der Waals surface area contributed by atoms with Crippen molar-refractivity contribution in [1.82, 2.24) is 14.8 Å². The Morgan fingerprint density at radius 1 is 1.15 bits per heavy atom. The summed E-state index contributed by atoms with van der Waals surface area (Å²) in [5.74, 6) is -0.0690. The van der Waals surface area contributed by atoms with Crippen molar-refractivity contribution < 1.29 is 9.21 Å². The van der Waals surface area contributed by atoms with E-state index in [1.807, 2.05) is 41.0 Å². The van der Waals surface area contributed by atoms with E-state index in [4.69, 9.17) is 16.0 Å². The molecule has 0 unspecified atom stereocenters. The lowest BCUT2D eigenvalue weighted by molar-refractivity contribution is 0.0938. The fourth-order valence-electron chi connectivity index (χ4n) is 3.75. The van der Waals surface area contributed by atoms with Crippen LogP contribution in [0.1, 0.15) is 35.3 Å². The van der Waals surface area contributed by atoms with Crippen LogP contribution >= 0.6 is 11.6 Å². The molecule has 1 saturated heterocycles. The molecular formula is C21H24ClN3O2. The van der Waals surface area contributed by atoms with Crippen LogP contribution in [0.3, 0.4) is 0 Å². The highest BCUT2D eigenvalue weighted by molar-refractivity contribution is 6.30. The number of nitrogens with zero attached hydrogens (tertiary/aromatic N) is 2. The molecule has 0 aliphatic carbocycles. The molecule has 5 nitrogen and oxygen atoms in total. The number of likely N-dealkylation sites (tertiary alicyclic amines) is 1. The number of piperidine rings is 1. The lowest BCUT2D eigenvalue weighted by Crippen LogP contribution is -2.38. The van der Waals surface area contributed by atoms with Crippen molar-refractivity contribution in [2.45, 2.75) is 25.8 Å². The summed E-state index contributed by atoms with van der Waals surface area (Å²) in [7, 11) is 0. The standard InChI is InChI=1S/C21H24ClN3O2/c22-17-6-4-5-16(13-17)15-25-18-7-12-27-20(18)14-19(25)21(26)23-8-11-24-9-2-1-3-10-24/h4-7,12-14H,1-3,8-11,15H2,(H,23,26). The van der Waals surface area contributed by atoms with Crippen LogP contribution in [-0.2, 0) is 6.54 Å². The second-order valence-corrected chi connectivity index (χ2v) is 7.51. The number of hydrogen-bond acceptors (Lipinski definition) is 3. The van der Waals surface area contributed by atoms with Gasteiger partial charge in [0.25, 0.3) is 5.91 Å². The van der Waals surface area contributed by atoms with Gasteiger partial charge in [-0.15, -0.1) is 0 Å². The van der Waals surface area contributed by atoms with E-state index in [0.29, 0.717) is 23.8 Å². The Hall–Kier alpha value is -2.24. The number of furan rings is 1. The Kier molecular flexibility index (Phi) is 5.50. The molecule has 0 spiro atoms. The molecule has 4 rings (SSSR count). The van der Waals surface area contributed by atoms with Crippen molar-refractivity contribution in [2.75, 3.05) is 26.2 Å². The van der Waals surface area contributed by atoms with Crippen LogP contribution in [0.4, 0.5) is 0 Å². The van der Waals surface area contributed by atoms with Crippen LogP contribution in [-0.4, -0.2) is 41.6 Å². The fourth-order valence-corrected chi connectivity index (χ4v) is 3.97. The van der Waals surface area contributed by atoms with Gasteiger partial charge in [-0.05, 0) is 43.6 Å². The molecule has 142 valence electrons. The van der Waals surface area contributed by atoms with E-state index in [9.17, 15) is 4.79 Å². The Morgan fingerprint density at radius 2 is 2.00 bits per heavy atom. The molecule has 0 atom stereocenters. The van der Waals surface area contributed by atoms with Crippen molar-refractivity contribution in [1.29, 1.82) is 0 Å². The van der Waals surface area contributed by atoms with Crippen molar-refractivity contribution >= 4 is 28.6 Å². The molecule has 1 aliphatic heterocycles. The number of hydrogen-bond donors (Lipinski definition) is 1. The molecule has 2 aromatic heterocycles. The van der Waals surface area contributed by atoms with Gasteiger partial charge in [0, 0.05) is 36.8 Å². The molecule has 1 amide bonds. The van der Waals surface area contributed by atoms with E-state index in [2.05, 4.69) is 10.2 Å². The van der Waals surface area contributed by atoms with Gasteiger partial charge in [0.05, 0.1) is 11.8 Å². The number of carbonyl (C=O) groups is 1. The van der Waals surface area contributed by atoms with Gasteiger partial charge in [-0.1, -0.05) is 30.2 Å². The smallest absolute Gasteiger partial charge is 0.268 e. The minimum atomic E-state index is -0.0690. The predicted molar refractivity (Wildman–Crippen MR) is 107 cm³/mol. The first-order valence-electron chi connectivity index (χ1n) is 9.52. The summed E-state index contributed by atoms with van der Waals surface area (Å²) in [4.78, 5) is 15.2. The SMILES string of the molecule is O=C(NCCN1CCCCC1)c1cc2occc2n1Cc1cccc(Cl)c1. The van der Waals surface area contributed by atoms with Crippen LogP contribution in [0.5, 0.6) is 0 Å². The van der Waals surface area contributed by atoms with Crippen LogP contribution in [0.15, 0.2) is 47.1 Å². The molecule has 6 heteroatoms. The third kappa shape index (κ3) is 4.20. The Morgan fingerprint density at radius 3 is 2.81 bits per heavy atom. The average molecular weight is 386 g/mol. The van der Waals surface area contributed by atoms with E-state index in [0.717, 1.165) is 36.3 Å². The molecule has 0 bridgehead atoms. The summed E-state index contributed by atoms with van der Waals surface area (Å²) in [6.45, 7) is 4.39. The minimum Gasteiger partial charge on any atom is -0.463 e. The number of fused-ring (bicyclic) bond motifs is 1. The fraction of sp³-hybridized carbons (Fsp3) is 0.381. The van der Waals surface area contributed by atoms with Crippen molar-refractivity contribution in [3.05, 3.63) is 58.9 Å². The quantitative estimate of drug-likeness (QED) is 0.693. The number of nitrogens with one attached hydrogen (secondary N) is 1. The van der Waals surface area contributed by atoms with E-state index in [1.54, 1.807) is 6.26 Å². The molecule has 1 N–H and O–H groups in total. The number of rotatable bonds is 6. The molecule has 0 saturated carbocycles. The molecule has 1 aromatic carbocycles. The van der Waals surface area contributed by atoms with Gasteiger partial charge in [0.2, 0.25) is 0 Å². The van der Waals surface area contributed by atoms with Crippen molar-refractivity contribution in [3.63, 3.8) is 0 Å². The monoisotopic (exact) mass is 385 g/mol. The molecular weight excluding hydrogens is 362 g/mol. The summed E-state index contributed by atoms with van der Waals surface area (Å²) in [5, 5.41) is 3.76. The third-order valence-electron chi connectivity index (χ3n) is 5.15. The highest BCUT2D eigenvalue weighted by Gasteiger charge is 2.18. The zero-order valence-corrected chi connectivity index (χ0v) is 16.0. The number of carbonyl (C=O) groups excluding carboxylic acids is 1. The van der Waals surface area contributed by atoms with Gasteiger partial charge < -0.3 is 19.2 Å². The second kappa shape index (κ2) is 8.19. The first-order valence-corrected chi connectivity index (χ1v) is 9.90. The topological polar surface area (TPSA) is 50.4 Å². The van der Waals surface area contributed by atoms with E-state index in [-0.39, 0.29) is 5.91 Å². The number of halogens is 1. The Bertz CT molecular complexity index is 925. The highest BCUT2D eigenvalue weighted by Crippen LogP contribution is 2.23. The molecule has 1 aliphatic rings. The number of amides is 1. The van der Waals surface area contributed by atoms with Crippen LogP contribution in [0.25, 0.3) is 11.1 Å². The van der Waals surface area contributed by atoms with Crippen molar-refractivity contribution in [2.24, 2.45) is 0 Å².